The molecule has 0 bridgehead atoms. The van der Waals surface area contributed by atoms with Gasteiger partial charge < -0.3 is 5.11 Å². The highest BCUT2D eigenvalue weighted by molar-refractivity contribution is 6.30. The quantitative estimate of drug-likeness (QED) is 0.234. The van der Waals surface area contributed by atoms with E-state index in [0.717, 1.165) is 5.56 Å². The summed E-state index contributed by atoms with van der Waals surface area (Å²) in [5.74, 6) is -0.177. The topological polar surface area (TPSA) is 71.9 Å². The minimum Gasteiger partial charge on any atom is -0.493 e. The Balaban J connectivity index is 1.69. The number of rotatable bonds is 7. The summed E-state index contributed by atoms with van der Waals surface area (Å²) in [5.41, 5.74) is 3.18. The molecule has 0 spiro atoms. The number of azo groups is 1. The summed E-state index contributed by atoms with van der Waals surface area (Å²) in [5, 5.41) is 20.6. The molecular formula is C30H23ClN4O2. The Bertz CT molecular complexity index is 1610. The number of aromatic hydroxyl groups is 1. The summed E-state index contributed by atoms with van der Waals surface area (Å²) in [6.07, 6.45) is 1.90. The van der Waals surface area contributed by atoms with Gasteiger partial charge in [-0.05, 0) is 59.7 Å². The molecule has 0 saturated carbocycles. The molecule has 0 aliphatic carbocycles. The van der Waals surface area contributed by atoms with Crippen LogP contribution in [0.25, 0.3) is 16.9 Å². The standard InChI is InChI=1S/C30H23ClN4O2/c31-24-16-18-25(19-17-24)33-32-21-23(20-22-10-4-1-5-11-22)28-29(36)34(26-12-6-2-7-13-26)35(30(28)37)27-14-8-3-9-15-27/h1-19,21,36H,20H2/b23-21+,33-32?. The van der Waals surface area contributed by atoms with Crippen LogP contribution in [0, 0.1) is 0 Å². The van der Waals surface area contributed by atoms with Crippen molar-refractivity contribution in [3.8, 4) is 17.3 Å². The van der Waals surface area contributed by atoms with E-state index >= 15 is 0 Å². The molecule has 6 nitrogen and oxygen atoms in total. The van der Waals surface area contributed by atoms with Crippen LogP contribution in [0.1, 0.15) is 11.1 Å². The second-order valence-electron chi connectivity index (χ2n) is 8.31. The van der Waals surface area contributed by atoms with Crippen LogP contribution in [0.2, 0.25) is 5.02 Å². The van der Waals surface area contributed by atoms with Crippen molar-refractivity contribution in [3.63, 3.8) is 0 Å². The van der Waals surface area contributed by atoms with Gasteiger partial charge >= 0.3 is 0 Å². The predicted octanol–water partition coefficient (Wildman–Crippen LogP) is 7.35. The van der Waals surface area contributed by atoms with Crippen molar-refractivity contribution in [2.45, 2.75) is 6.42 Å². The van der Waals surface area contributed by atoms with E-state index in [2.05, 4.69) is 10.2 Å². The third-order valence-electron chi connectivity index (χ3n) is 5.80. The second-order valence-corrected chi connectivity index (χ2v) is 8.74. The van der Waals surface area contributed by atoms with E-state index in [-0.39, 0.29) is 17.0 Å². The Morgan fingerprint density at radius 2 is 1.30 bits per heavy atom. The number of benzene rings is 4. The first-order valence-electron chi connectivity index (χ1n) is 11.7. The first kappa shape index (κ1) is 24.0. The van der Waals surface area contributed by atoms with E-state index in [1.807, 2.05) is 91.0 Å². The van der Waals surface area contributed by atoms with Gasteiger partial charge in [-0.15, -0.1) is 0 Å². The Morgan fingerprint density at radius 1 is 0.757 bits per heavy atom. The van der Waals surface area contributed by atoms with Crippen LogP contribution in [0.3, 0.4) is 0 Å². The van der Waals surface area contributed by atoms with Gasteiger partial charge in [0, 0.05) is 11.4 Å². The largest absolute Gasteiger partial charge is 0.493 e. The van der Waals surface area contributed by atoms with Crippen molar-refractivity contribution in [1.29, 1.82) is 0 Å². The SMILES string of the molecule is O=c1c(/C(=C/N=Nc2ccc(Cl)cc2)Cc2ccccc2)c(O)n(-c2ccccc2)n1-c1ccccc1. The minimum absolute atomic E-state index is 0.159. The van der Waals surface area contributed by atoms with Gasteiger partial charge in [-0.25, -0.2) is 9.36 Å². The van der Waals surface area contributed by atoms with Crippen LogP contribution >= 0.6 is 11.6 Å². The highest BCUT2D eigenvalue weighted by Crippen LogP contribution is 2.30. The lowest BCUT2D eigenvalue weighted by atomic mass is 10.0. The van der Waals surface area contributed by atoms with Gasteiger partial charge in [-0.1, -0.05) is 78.3 Å². The lowest BCUT2D eigenvalue weighted by molar-refractivity contribution is 0.424. The first-order chi connectivity index (χ1) is 18.1. The second kappa shape index (κ2) is 10.9. The van der Waals surface area contributed by atoms with Crippen molar-refractivity contribution < 1.29 is 5.11 Å². The van der Waals surface area contributed by atoms with Gasteiger partial charge in [-0.3, -0.25) is 4.79 Å². The molecule has 0 radical (unpaired) electrons. The molecule has 0 aliphatic rings. The fourth-order valence-corrected chi connectivity index (χ4v) is 4.20. The van der Waals surface area contributed by atoms with Crippen molar-refractivity contribution in [2.75, 3.05) is 0 Å². The third kappa shape index (κ3) is 5.29. The van der Waals surface area contributed by atoms with Crippen LogP contribution < -0.4 is 5.56 Å². The Hall–Kier alpha value is -4.68. The van der Waals surface area contributed by atoms with Gasteiger partial charge in [0.15, 0.2) is 0 Å². The van der Waals surface area contributed by atoms with E-state index in [1.54, 1.807) is 24.3 Å². The summed E-state index contributed by atoms with van der Waals surface area (Å²) >= 11 is 5.97. The average molecular weight is 507 g/mol. The van der Waals surface area contributed by atoms with Crippen LogP contribution in [-0.2, 0) is 6.42 Å². The number of para-hydroxylation sites is 2. The highest BCUT2D eigenvalue weighted by atomic mass is 35.5. The zero-order valence-electron chi connectivity index (χ0n) is 19.8. The third-order valence-corrected chi connectivity index (χ3v) is 6.06. The van der Waals surface area contributed by atoms with Crippen LogP contribution in [0.15, 0.2) is 136 Å². The lowest BCUT2D eigenvalue weighted by Crippen LogP contribution is -2.21. The summed E-state index contributed by atoms with van der Waals surface area (Å²) in [6.45, 7) is 0. The molecule has 0 fully saturated rings. The first-order valence-corrected chi connectivity index (χ1v) is 12.1. The minimum atomic E-state index is -0.364. The Morgan fingerprint density at radius 3 is 1.89 bits per heavy atom. The summed E-state index contributed by atoms with van der Waals surface area (Å²) in [6, 6.07) is 35.2. The maximum Gasteiger partial charge on any atom is 0.283 e. The average Bonchev–Trinajstić information content (AvgIpc) is 3.20. The number of nitrogens with zero attached hydrogens (tertiary/aromatic N) is 4. The smallest absolute Gasteiger partial charge is 0.283 e. The van der Waals surface area contributed by atoms with Crippen LogP contribution in [-0.4, -0.2) is 14.5 Å². The van der Waals surface area contributed by atoms with Crippen molar-refractivity contribution in [2.24, 2.45) is 10.2 Å². The van der Waals surface area contributed by atoms with E-state index < -0.39 is 0 Å². The lowest BCUT2D eigenvalue weighted by Gasteiger charge is -2.12. The Kier molecular flexibility index (Phi) is 7.10. The maximum absolute atomic E-state index is 13.9. The molecule has 5 aromatic rings. The maximum atomic E-state index is 13.9. The van der Waals surface area contributed by atoms with Crippen LogP contribution in [0.5, 0.6) is 5.88 Å². The highest BCUT2D eigenvalue weighted by Gasteiger charge is 2.25. The fraction of sp³-hybridized carbons (Fsp3) is 0.0333. The molecule has 1 N–H and O–H groups in total. The molecule has 0 aliphatic heterocycles. The number of allylic oxidation sites excluding steroid dienone is 1. The molecule has 5 rings (SSSR count). The van der Waals surface area contributed by atoms with Gasteiger partial charge in [-0.2, -0.15) is 10.2 Å². The molecule has 7 heteroatoms. The van der Waals surface area contributed by atoms with Crippen molar-refractivity contribution >= 4 is 22.9 Å². The Labute approximate surface area is 219 Å². The summed E-state index contributed by atoms with van der Waals surface area (Å²) < 4.78 is 2.98. The molecule has 182 valence electrons. The monoisotopic (exact) mass is 506 g/mol. The normalized spacial score (nSPS) is 11.8. The van der Waals surface area contributed by atoms with E-state index in [9.17, 15) is 9.90 Å². The van der Waals surface area contributed by atoms with Crippen molar-refractivity contribution in [1.82, 2.24) is 9.36 Å². The van der Waals surface area contributed by atoms with E-state index in [0.29, 0.717) is 34.1 Å². The fourth-order valence-electron chi connectivity index (χ4n) is 4.07. The summed E-state index contributed by atoms with van der Waals surface area (Å²) in [4.78, 5) is 13.9. The number of hydrogen-bond acceptors (Lipinski definition) is 4. The van der Waals surface area contributed by atoms with Gasteiger partial charge in [0.2, 0.25) is 5.88 Å². The molecular weight excluding hydrogens is 484 g/mol. The summed E-state index contributed by atoms with van der Waals surface area (Å²) in [7, 11) is 0. The van der Waals surface area contributed by atoms with Gasteiger partial charge in [0.25, 0.3) is 5.56 Å². The van der Waals surface area contributed by atoms with Gasteiger partial charge in [0.05, 0.1) is 23.3 Å². The molecule has 37 heavy (non-hydrogen) atoms. The number of hydrogen-bond donors (Lipinski definition) is 1. The molecule has 0 saturated heterocycles. The number of aromatic nitrogens is 2. The zero-order chi connectivity index (χ0) is 25.6. The van der Waals surface area contributed by atoms with E-state index in [4.69, 9.17) is 11.6 Å². The van der Waals surface area contributed by atoms with Crippen molar-refractivity contribution in [3.05, 3.63) is 148 Å². The van der Waals surface area contributed by atoms with E-state index in [1.165, 1.54) is 15.6 Å². The van der Waals surface area contributed by atoms with Gasteiger partial charge in [0.1, 0.15) is 5.56 Å². The predicted molar refractivity (Wildman–Crippen MR) is 147 cm³/mol. The number of halogens is 1. The molecule has 1 heterocycles. The molecule has 0 unspecified atom stereocenters. The molecule has 0 atom stereocenters. The molecule has 4 aromatic carbocycles. The molecule has 1 aromatic heterocycles. The molecule has 0 amide bonds. The zero-order valence-corrected chi connectivity index (χ0v) is 20.5. The van der Waals surface area contributed by atoms with Crippen LogP contribution in [0.4, 0.5) is 5.69 Å².